The zero-order valence-corrected chi connectivity index (χ0v) is 13.9. The summed E-state index contributed by atoms with van der Waals surface area (Å²) in [7, 11) is 0. The van der Waals surface area contributed by atoms with Gasteiger partial charge in [-0.1, -0.05) is 35.3 Å². The maximum atomic E-state index is 12.0. The number of hydrogen-bond acceptors (Lipinski definition) is 3. The van der Waals surface area contributed by atoms with Crippen LogP contribution < -0.4 is 10.1 Å². The first-order valence-electron chi connectivity index (χ1n) is 6.87. The van der Waals surface area contributed by atoms with Gasteiger partial charge in [0.25, 0.3) is 5.91 Å². The van der Waals surface area contributed by atoms with Gasteiger partial charge in [0.15, 0.2) is 6.61 Å². The second kappa shape index (κ2) is 7.87. The maximum absolute atomic E-state index is 12.0. The van der Waals surface area contributed by atoms with Crippen molar-refractivity contribution in [2.24, 2.45) is 0 Å². The fraction of sp³-hybridized carbons (Fsp3) is 0.176. The van der Waals surface area contributed by atoms with Crippen LogP contribution in [0.25, 0.3) is 0 Å². The molecule has 2 rings (SSSR count). The maximum Gasteiger partial charge on any atom is 0.258 e. The van der Waals surface area contributed by atoms with E-state index in [1.807, 2.05) is 13.0 Å². The number of amides is 1. The Hall–Kier alpha value is -2.22. The van der Waals surface area contributed by atoms with Crippen molar-refractivity contribution in [2.75, 3.05) is 6.61 Å². The van der Waals surface area contributed by atoms with E-state index in [0.717, 1.165) is 5.56 Å². The molecule has 23 heavy (non-hydrogen) atoms. The minimum Gasteiger partial charge on any atom is -0.484 e. The average Bonchev–Trinajstić information content (AvgIpc) is 2.53. The summed E-state index contributed by atoms with van der Waals surface area (Å²) >= 11 is 12.0. The third kappa shape index (κ3) is 4.88. The van der Waals surface area contributed by atoms with Crippen LogP contribution >= 0.6 is 23.2 Å². The van der Waals surface area contributed by atoms with Crippen LogP contribution in [-0.4, -0.2) is 12.5 Å². The molecule has 2 aromatic carbocycles. The lowest BCUT2D eigenvalue weighted by atomic mass is 10.1. The third-order valence-electron chi connectivity index (χ3n) is 3.14. The average molecular weight is 349 g/mol. The van der Waals surface area contributed by atoms with Crippen molar-refractivity contribution in [1.29, 1.82) is 5.26 Å². The lowest BCUT2D eigenvalue weighted by Gasteiger charge is -2.16. The Morgan fingerprint density at radius 1 is 1.30 bits per heavy atom. The second-order valence-electron chi connectivity index (χ2n) is 4.88. The largest absolute Gasteiger partial charge is 0.484 e. The van der Waals surface area contributed by atoms with Crippen molar-refractivity contribution in [3.05, 3.63) is 63.6 Å². The first-order chi connectivity index (χ1) is 11.0. The van der Waals surface area contributed by atoms with Crippen molar-refractivity contribution in [3.63, 3.8) is 0 Å². The summed E-state index contributed by atoms with van der Waals surface area (Å²) in [6.07, 6.45) is 0. The van der Waals surface area contributed by atoms with Gasteiger partial charge in [-0.3, -0.25) is 4.79 Å². The highest BCUT2D eigenvalue weighted by molar-refractivity contribution is 6.35. The van der Waals surface area contributed by atoms with Gasteiger partial charge in [0.1, 0.15) is 5.75 Å². The van der Waals surface area contributed by atoms with Crippen LogP contribution in [0, 0.1) is 11.3 Å². The van der Waals surface area contributed by atoms with Gasteiger partial charge in [-0.25, -0.2) is 0 Å². The lowest BCUT2D eigenvalue weighted by molar-refractivity contribution is -0.123. The highest BCUT2D eigenvalue weighted by Crippen LogP contribution is 2.26. The monoisotopic (exact) mass is 348 g/mol. The molecule has 1 N–H and O–H groups in total. The topological polar surface area (TPSA) is 62.1 Å². The molecule has 118 valence electrons. The number of halogens is 2. The molecule has 0 aliphatic carbocycles. The molecular weight excluding hydrogens is 335 g/mol. The molecule has 1 amide bonds. The van der Waals surface area contributed by atoms with E-state index in [0.29, 0.717) is 21.4 Å². The number of nitriles is 1. The van der Waals surface area contributed by atoms with Gasteiger partial charge in [0.05, 0.1) is 17.7 Å². The van der Waals surface area contributed by atoms with Gasteiger partial charge >= 0.3 is 0 Å². The molecule has 4 nitrogen and oxygen atoms in total. The van der Waals surface area contributed by atoms with Gasteiger partial charge < -0.3 is 10.1 Å². The lowest BCUT2D eigenvalue weighted by Crippen LogP contribution is -2.31. The first kappa shape index (κ1) is 17.1. The van der Waals surface area contributed by atoms with Crippen molar-refractivity contribution < 1.29 is 9.53 Å². The number of hydrogen-bond donors (Lipinski definition) is 1. The summed E-state index contributed by atoms with van der Waals surface area (Å²) in [6.45, 7) is 1.67. The van der Waals surface area contributed by atoms with Crippen LogP contribution in [0.1, 0.15) is 24.1 Å². The summed E-state index contributed by atoms with van der Waals surface area (Å²) in [4.78, 5) is 12.0. The van der Waals surface area contributed by atoms with Gasteiger partial charge in [-0.05, 0) is 42.8 Å². The van der Waals surface area contributed by atoms with E-state index < -0.39 is 0 Å². The van der Waals surface area contributed by atoms with Gasteiger partial charge in [0, 0.05) is 10.0 Å². The van der Waals surface area contributed by atoms with Gasteiger partial charge in [-0.15, -0.1) is 0 Å². The number of ether oxygens (including phenoxy) is 1. The van der Waals surface area contributed by atoms with E-state index in [4.69, 9.17) is 33.2 Å². The van der Waals surface area contributed by atoms with E-state index in [-0.39, 0.29) is 18.6 Å². The Balaban J connectivity index is 1.92. The fourth-order valence-electron chi connectivity index (χ4n) is 2.02. The summed E-state index contributed by atoms with van der Waals surface area (Å²) < 4.78 is 5.38. The number of carbonyl (C=O) groups is 1. The molecule has 0 saturated heterocycles. The zero-order valence-electron chi connectivity index (χ0n) is 12.3. The van der Waals surface area contributed by atoms with Gasteiger partial charge in [0.2, 0.25) is 0 Å². The first-order valence-corrected chi connectivity index (χ1v) is 7.62. The molecule has 0 bridgehead atoms. The zero-order chi connectivity index (χ0) is 16.8. The number of benzene rings is 2. The van der Waals surface area contributed by atoms with Crippen molar-refractivity contribution in [1.82, 2.24) is 5.32 Å². The van der Waals surface area contributed by atoms with Crippen LogP contribution in [0.15, 0.2) is 42.5 Å². The van der Waals surface area contributed by atoms with E-state index in [2.05, 4.69) is 5.32 Å². The smallest absolute Gasteiger partial charge is 0.258 e. The second-order valence-corrected chi connectivity index (χ2v) is 5.73. The van der Waals surface area contributed by atoms with Crippen LogP contribution in [0.5, 0.6) is 5.75 Å². The summed E-state index contributed by atoms with van der Waals surface area (Å²) in [5.41, 5.74) is 1.25. The summed E-state index contributed by atoms with van der Waals surface area (Å²) in [5, 5.41) is 12.7. The predicted molar refractivity (Wildman–Crippen MR) is 89.7 cm³/mol. The molecule has 0 saturated carbocycles. The third-order valence-corrected chi connectivity index (χ3v) is 3.70. The SMILES string of the molecule is C[C@@H](NC(=O)COc1cccc(C#N)c1)c1ccc(Cl)cc1Cl. The summed E-state index contributed by atoms with van der Waals surface area (Å²) in [5.74, 6) is 0.183. The highest BCUT2D eigenvalue weighted by Gasteiger charge is 2.13. The molecule has 0 aliphatic rings. The quantitative estimate of drug-likeness (QED) is 0.883. The number of nitrogens with zero attached hydrogens (tertiary/aromatic N) is 1. The Bertz CT molecular complexity index is 756. The standard InChI is InChI=1S/C17H14Cl2N2O2/c1-11(15-6-5-13(18)8-16(15)19)21-17(22)10-23-14-4-2-3-12(7-14)9-20/h2-8,11H,10H2,1H3,(H,21,22)/t11-/m1/s1. The molecule has 2 aromatic rings. The minimum atomic E-state index is -0.286. The van der Waals surface area contributed by atoms with E-state index >= 15 is 0 Å². The Morgan fingerprint density at radius 3 is 2.78 bits per heavy atom. The van der Waals surface area contributed by atoms with Crippen LogP contribution in [-0.2, 0) is 4.79 Å². The van der Waals surface area contributed by atoms with Gasteiger partial charge in [-0.2, -0.15) is 5.26 Å². The van der Waals surface area contributed by atoms with Crippen LogP contribution in [0.2, 0.25) is 10.0 Å². The molecule has 0 radical (unpaired) electrons. The Morgan fingerprint density at radius 2 is 2.09 bits per heavy atom. The molecule has 0 aromatic heterocycles. The highest BCUT2D eigenvalue weighted by atomic mass is 35.5. The van der Waals surface area contributed by atoms with E-state index in [1.54, 1.807) is 42.5 Å². The van der Waals surface area contributed by atoms with Crippen molar-refractivity contribution >= 4 is 29.1 Å². The Labute approximate surface area is 144 Å². The molecule has 1 atom stereocenters. The molecular formula is C17H14Cl2N2O2. The van der Waals surface area contributed by atoms with Crippen LogP contribution in [0.4, 0.5) is 0 Å². The van der Waals surface area contributed by atoms with E-state index in [9.17, 15) is 4.79 Å². The molecule has 0 aliphatic heterocycles. The summed E-state index contributed by atoms with van der Waals surface area (Å²) in [6, 6.07) is 13.5. The minimum absolute atomic E-state index is 0.148. The normalized spacial score (nSPS) is 11.4. The molecule has 0 spiro atoms. The molecule has 0 fully saturated rings. The Kier molecular flexibility index (Phi) is 5.86. The molecule has 0 unspecified atom stereocenters. The molecule has 0 heterocycles. The molecule has 6 heteroatoms. The number of rotatable bonds is 5. The predicted octanol–water partition coefficient (Wildman–Crippen LogP) is 4.12. The number of nitrogens with one attached hydrogen (secondary N) is 1. The van der Waals surface area contributed by atoms with E-state index in [1.165, 1.54) is 0 Å². The van der Waals surface area contributed by atoms with Crippen molar-refractivity contribution in [3.8, 4) is 11.8 Å². The van der Waals surface area contributed by atoms with Crippen LogP contribution in [0.3, 0.4) is 0 Å². The number of carbonyl (C=O) groups excluding carboxylic acids is 1. The fourth-order valence-corrected chi connectivity index (χ4v) is 2.59. The van der Waals surface area contributed by atoms with Crippen molar-refractivity contribution in [2.45, 2.75) is 13.0 Å².